The maximum Gasteiger partial charge on any atom is 0.233 e. The highest BCUT2D eigenvalue weighted by atomic mass is 32.2. The number of hydrogen-bond donors (Lipinski definition) is 1. The number of hydrogen-bond acceptors (Lipinski definition) is 7. The predicted molar refractivity (Wildman–Crippen MR) is 135 cm³/mol. The number of aryl methyl sites for hydroxylation is 1. The van der Waals surface area contributed by atoms with Crippen LogP contribution in [0.3, 0.4) is 0 Å². The molecule has 2 heterocycles. The van der Waals surface area contributed by atoms with Gasteiger partial charge in [-0.15, -0.1) is 0 Å². The molecule has 0 saturated carbocycles. The SMILES string of the molecule is Cc1ccc(Cc2nsc(N3CCN(CCNS(=O)(=O)C=Cc4ccccc4)CC3)n2)cc1. The zero-order chi connectivity index (χ0) is 23.1. The van der Waals surface area contributed by atoms with Gasteiger partial charge in [-0.3, -0.25) is 4.90 Å². The van der Waals surface area contributed by atoms with Crippen LogP contribution in [-0.2, 0) is 16.4 Å². The van der Waals surface area contributed by atoms with Gasteiger partial charge in [0.25, 0.3) is 0 Å². The minimum Gasteiger partial charge on any atom is -0.344 e. The van der Waals surface area contributed by atoms with E-state index in [2.05, 4.69) is 50.1 Å². The van der Waals surface area contributed by atoms with Gasteiger partial charge < -0.3 is 4.90 Å². The lowest BCUT2D eigenvalue weighted by Gasteiger charge is -2.34. The van der Waals surface area contributed by atoms with Crippen LogP contribution in [-0.4, -0.2) is 61.9 Å². The topological polar surface area (TPSA) is 78.4 Å². The molecule has 4 rings (SSSR count). The van der Waals surface area contributed by atoms with Crippen molar-refractivity contribution in [2.45, 2.75) is 13.3 Å². The highest BCUT2D eigenvalue weighted by Gasteiger charge is 2.20. The van der Waals surface area contributed by atoms with Gasteiger partial charge in [-0.25, -0.2) is 18.1 Å². The van der Waals surface area contributed by atoms with Gasteiger partial charge in [-0.2, -0.15) is 4.37 Å². The molecule has 0 spiro atoms. The molecule has 0 amide bonds. The summed E-state index contributed by atoms with van der Waals surface area (Å²) in [6, 6.07) is 17.9. The molecule has 9 heteroatoms. The van der Waals surface area contributed by atoms with E-state index in [-0.39, 0.29) is 0 Å². The second-order valence-electron chi connectivity index (χ2n) is 8.14. The second-order valence-corrected chi connectivity index (χ2v) is 10.5. The molecule has 174 valence electrons. The van der Waals surface area contributed by atoms with Crippen LogP contribution >= 0.6 is 11.5 Å². The third kappa shape index (κ3) is 7.20. The van der Waals surface area contributed by atoms with E-state index in [9.17, 15) is 8.42 Å². The molecule has 0 atom stereocenters. The minimum atomic E-state index is -3.44. The molecule has 1 aromatic heterocycles. The average Bonchev–Trinajstić information content (AvgIpc) is 3.29. The number of rotatable bonds is 9. The average molecular weight is 484 g/mol. The standard InChI is InChI=1S/C24H29N5O2S2/c1-20-7-9-22(10-8-20)19-23-26-24(32-27-23)29-16-14-28(15-17-29)13-12-25-33(30,31)18-11-21-5-3-2-4-6-21/h2-11,18,25H,12-17,19H2,1H3. The van der Waals surface area contributed by atoms with Gasteiger partial charge in [-0.05, 0) is 24.1 Å². The number of piperazine rings is 1. The summed E-state index contributed by atoms with van der Waals surface area (Å²) >= 11 is 1.45. The zero-order valence-corrected chi connectivity index (χ0v) is 20.4. The van der Waals surface area contributed by atoms with Crippen molar-refractivity contribution in [3.63, 3.8) is 0 Å². The van der Waals surface area contributed by atoms with E-state index in [0.717, 1.165) is 49.1 Å². The monoisotopic (exact) mass is 483 g/mol. The van der Waals surface area contributed by atoms with E-state index in [0.29, 0.717) is 13.1 Å². The maximum atomic E-state index is 12.2. The number of nitrogens with one attached hydrogen (secondary N) is 1. The molecular formula is C24H29N5O2S2. The van der Waals surface area contributed by atoms with Crippen LogP contribution in [0.1, 0.15) is 22.5 Å². The molecule has 1 fully saturated rings. The van der Waals surface area contributed by atoms with Crippen molar-refractivity contribution < 1.29 is 8.42 Å². The van der Waals surface area contributed by atoms with E-state index in [1.165, 1.54) is 28.1 Å². The first-order valence-electron chi connectivity index (χ1n) is 11.1. The summed E-state index contributed by atoms with van der Waals surface area (Å²) in [5.74, 6) is 0.860. The molecule has 1 N–H and O–H groups in total. The van der Waals surface area contributed by atoms with Crippen LogP contribution < -0.4 is 9.62 Å². The van der Waals surface area contributed by atoms with Crippen molar-refractivity contribution in [3.8, 4) is 0 Å². The van der Waals surface area contributed by atoms with Crippen molar-refractivity contribution in [2.75, 3.05) is 44.2 Å². The van der Waals surface area contributed by atoms with Crippen LogP contribution in [0.5, 0.6) is 0 Å². The van der Waals surface area contributed by atoms with Gasteiger partial charge >= 0.3 is 0 Å². The van der Waals surface area contributed by atoms with Gasteiger partial charge in [0.2, 0.25) is 15.2 Å². The third-order valence-electron chi connectivity index (χ3n) is 5.55. The van der Waals surface area contributed by atoms with Crippen LogP contribution in [0.4, 0.5) is 5.13 Å². The fraction of sp³-hybridized carbons (Fsp3) is 0.333. The molecule has 2 aromatic carbocycles. The van der Waals surface area contributed by atoms with Gasteiger partial charge in [0.05, 0.1) is 0 Å². The summed E-state index contributed by atoms with van der Waals surface area (Å²) in [6.07, 6.45) is 2.35. The Morgan fingerprint density at radius 2 is 1.76 bits per heavy atom. The van der Waals surface area contributed by atoms with Crippen molar-refractivity contribution in [2.24, 2.45) is 0 Å². The van der Waals surface area contributed by atoms with Crippen molar-refractivity contribution in [1.29, 1.82) is 0 Å². The first-order valence-corrected chi connectivity index (χ1v) is 13.4. The van der Waals surface area contributed by atoms with Crippen LogP contribution in [0.15, 0.2) is 60.0 Å². The Labute approximate surface area is 200 Å². The fourth-order valence-corrected chi connectivity index (χ4v) is 5.17. The molecule has 0 bridgehead atoms. The Balaban J connectivity index is 1.20. The highest BCUT2D eigenvalue weighted by Crippen LogP contribution is 2.20. The number of benzene rings is 2. The fourth-order valence-electron chi connectivity index (χ4n) is 3.62. The van der Waals surface area contributed by atoms with E-state index >= 15 is 0 Å². The van der Waals surface area contributed by atoms with Gasteiger partial charge in [-0.1, -0.05) is 60.2 Å². The van der Waals surface area contributed by atoms with E-state index < -0.39 is 10.0 Å². The van der Waals surface area contributed by atoms with Gasteiger partial charge in [0.1, 0.15) is 5.82 Å². The Bertz CT molecular complexity index is 1150. The molecule has 1 aliphatic rings. The normalized spacial score (nSPS) is 15.4. The summed E-state index contributed by atoms with van der Waals surface area (Å²) in [5.41, 5.74) is 3.33. The van der Waals surface area contributed by atoms with Gasteiger partial charge in [0, 0.05) is 62.6 Å². The first kappa shape index (κ1) is 23.6. The molecular weight excluding hydrogens is 454 g/mol. The predicted octanol–water partition coefficient (Wildman–Crippen LogP) is 3.15. The van der Waals surface area contributed by atoms with E-state index in [1.807, 2.05) is 30.3 Å². The number of anilines is 1. The Morgan fingerprint density at radius 1 is 1.03 bits per heavy atom. The lowest BCUT2D eigenvalue weighted by atomic mass is 10.1. The van der Waals surface area contributed by atoms with E-state index in [4.69, 9.17) is 4.98 Å². The number of nitrogens with zero attached hydrogens (tertiary/aromatic N) is 4. The molecule has 0 radical (unpaired) electrons. The molecule has 7 nitrogen and oxygen atoms in total. The van der Waals surface area contributed by atoms with Crippen molar-refractivity contribution in [3.05, 3.63) is 82.5 Å². The van der Waals surface area contributed by atoms with Crippen LogP contribution in [0, 0.1) is 6.92 Å². The van der Waals surface area contributed by atoms with Crippen LogP contribution in [0.25, 0.3) is 6.08 Å². The first-order chi connectivity index (χ1) is 16.0. The minimum absolute atomic E-state index is 0.390. The summed E-state index contributed by atoms with van der Waals surface area (Å²) in [7, 11) is -3.44. The molecule has 33 heavy (non-hydrogen) atoms. The Hall–Kier alpha value is -2.59. The summed E-state index contributed by atoms with van der Waals surface area (Å²) in [4.78, 5) is 9.27. The lowest BCUT2D eigenvalue weighted by Crippen LogP contribution is -2.48. The number of aromatic nitrogens is 2. The lowest BCUT2D eigenvalue weighted by molar-refractivity contribution is 0.262. The van der Waals surface area contributed by atoms with Gasteiger partial charge in [0.15, 0.2) is 0 Å². The highest BCUT2D eigenvalue weighted by molar-refractivity contribution is 7.92. The Kier molecular flexibility index (Phi) is 7.87. The third-order valence-corrected chi connectivity index (χ3v) is 7.47. The molecule has 0 unspecified atom stereocenters. The quantitative estimate of drug-likeness (QED) is 0.504. The van der Waals surface area contributed by atoms with Crippen molar-refractivity contribution in [1.82, 2.24) is 19.0 Å². The number of sulfonamides is 1. The second kappa shape index (κ2) is 11.0. The molecule has 1 saturated heterocycles. The molecule has 0 aliphatic carbocycles. The zero-order valence-electron chi connectivity index (χ0n) is 18.7. The molecule has 3 aromatic rings. The van der Waals surface area contributed by atoms with Crippen LogP contribution in [0.2, 0.25) is 0 Å². The summed E-state index contributed by atoms with van der Waals surface area (Å²) in [5, 5.41) is 2.19. The molecule has 1 aliphatic heterocycles. The summed E-state index contributed by atoms with van der Waals surface area (Å²) in [6.45, 7) is 6.62. The Morgan fingerprint density at radius 3 is 2.48 bits per heavy atom. The summed E-state index contributed by atoms with van der Waals surface area (Å²) < 4.78 is 31.6. The maximum absolute atomic E-state index is 12.2. The van der Waals surface area contributed by atoms with Crippen molar-refractivity contribution >= 4 is 32.8 Å². The smallest absolute Gasteiger partial charge is 0.233 e. The van der Waals surface area contributed by atoms with E-state index in [1.54, 1.807) is 6.08 Å². The largest absolute Gasteiger partial charge is 0.344 e.